The fourth-order valence-electron chi connectivity index (χ4n) is 2.97. The number of nitrogens with one attached hydrogen (secondary N) is 1. The highest BCUT2D eigenvalue weighted by Gasteiger charge is 2.25. The quantitative estimate of drug-likeness (QED) is 0.736. The fourth-order valence-corrected chi connectivity index (χ4v) is 2.97. The lowest BCUT2D eigenvalue weighted by molar-refractivity contribution is 0.451. The van der Waals surface area contributed by atoms with Crippen LogP contribution >= 0.6 is 0 Å². The van der Waals surface area contributed by atoms with Gasteiger partial charge in [0.15, 0.2) is 0 Å². The minimum absolute atomic E-state index is 0.0592. The molecule has 0 saturated heterocycles. The maximum atomic E-state index is 3.75. The van der Waals surface area contributed by atoms with E-state index in [1.54, 1.807) is 5.57 Å². The van der Waals surface area contributed by atoms with E-state index in [2.05, 4.69) is 70.3 Å². The molecule has 0 saturated carbocycles. The summed E-state index contributed by atoms with van der Waals surface area (Å²) in [5, 5.41) is 3.75. The minimum atomic E-state index is 0.0592. The van der Waals surface area contributed by atoms with Crippen molar-refractivity contribution in [2.24, 2.45) is 5.41 Å². The molecule has 1 N–H and O–H groups in total. The maximum Gasteiger partial charge on any atom is 0.0529 e. The summed E-state index contributed by atoms with van der Waals surface area (Å²) < 4.78 is 0. The van der Waals surface area contributed by atoms with Crippen molar-refractivity contribution in [3.8, 4) is 0 Å². The number of hydrogen-bond acceptors (Lipinski definition) is 1. The van der Waals surface area contributed by atoms with Crippen molar-refractivity contribution in [1.29, 1.82) is 0 Å². The molecule has 0 radical (unpaired) electrons. The van der Waals surface area contributed by atoms with E-state index in [0.717, 1.165) is 6.42 Å². The zero-order chi connectivity index (χ0) is 14.8. The van der Waals surface area contributed by atoms with Crippen LogP contribution in [0.1, 0.15) is 60.3 Å². The molecule has 2 rings (SSSR count). The molecule has 0 aromatic rings. The highest BCUT2D eigenvalue weighted by Crippen LogP contribution is 2.33. The predicted octanol–water partition coefficient (Wildman–Crippen LogP) is 5.28. The van der Waals surface area contributed by atoms with Crippen LogP contribution in [-0.2, 0) is 0 Å². The van der Waals surface area contributed by atoms with Crippen LogP contribution < -0.4 is 5.32 Å². The zero-order valence-electron chi connectivity index (χ0n) is 13.7. The summed E-state index contributed by atoms with van der Waals surface area (Å²) in [5.74, 6) is 0. The van der Waals surface area contributed by atoms with Crippen LogP contribution in [0.25, 0.3) is 0 Å². The van der Waals surface area contributed by atoms with E-state index in [-0.39, 0.29) is 5.54 Å². The van der Waals surface area contributed by atoms with Gasteiger partial charge in [0.1, 0.15) is 0 Å². The number of allylic oxidation sites excluding steroid dienone is 7. The van der Waals surface area contributed by atoms with Crippen LogP contribution in [0.15, 0.2) is 47.2 Å². The summed E-state index contributed by atoms with van der Waals surface area (Å²) in [6.45, 7) is 11.5. The van der Waals surface area contributed by atoms with Crippen molar-refractivity contribution in [2.75, 3.05) is 0 Å². The SMILES string of the molecule is CC(C)(C)C1=CC=C(NC(C)(C)C2=CC=CCC2)CC1. The molecule has 2 aliphatic rings. The van der Waals surface area contributed by atoms with Gasteiger partial charge in [-0.3, -0.25) is 0 Å². The summed E-state index contributed by atoms with van der Waals surface area (Å²) in [5.41, 5.74) is 4.79. The molecular formula is C19H29N. The monoisotopic (exact) mass is 271 g/mol. The van der Waals surface area contributed by atoms with Crippen molar-refractivity contribution in [3.05, 3.63) is 47.2 Å². The van der Waals surface area contributed by atoms with Gasteiger partial charge < -0.3 is 5.32 Å². The third-order valence-electron chi connectivity index (χ3n) is 4.40. The first kappa shape index (κ1) is 15.2. The summed E-state index contributed by atoms with van der Waals surface area (Å²) in [7, 11) is 0. The van der Waals surface area contributed by atoms with Gasteiger partial charge in [0.05, 0.1) is 5.54 Å². The smallest absolute Gasteiger partial charge is 0.0529 e. The van der Waals surface area contributed by atoms with E-state index in [9.17, 15) is 0 Å². The Morgan fingerprint density at radius 2 is 1.60 bits per heavy atom. The van der Waals surface area contributed by atoms with E-state index >= 15 is 0 Å². The molecule has 0 aliphatic heterocycles. The number of rotatable bonds is 3. The molecule has 1 nitrogen and oxygen atoms in total. The molecule has 0 unspecified atom stereocenters. The van der Waals surface area contributed by atoms with Gasteiger partial charge >= 0.3 is 0 Å². The van der Waals surface area contributed by atoms with E-state index in [4.69, 9.17) is 0 Å². The van der Waals surface area contributed by atoms with E-state index in [1.807, 2.05) is 0 Å². The average Bonchev–Trinajstić information content (AvgIpc) is 2.39. The van der Waals surface area contributed by atoms with Crippen LogP contribution in [0.2, 0.25) is 0 Å². The maximum absolute atomic E-state index is 3.75. The second-order valence-electron chi connectivity index (χ2n) is 7.54. The van der Waals surface area contributed by atoms with Crippen LogP contribution in [-0.4, -0.2) is 5.54 Å². The second-order valence-corrected chi connectivity index (χ2v) is 7.54. The Morgan fingerprint density at radius 3 is 2.10 bits per heavy atom. The van der Waals surface area contributed by atoms with Crippen LogP contribution in [0, 0.1) is 5.41 Å². The normalized spacial score (nSPS) is 20.1. The zero-order valence-corrected chi connectivity index (χ0v) is 13.7. The van der Waals surface area contributed by atoms with Crippen molar-refractivity contribution in [1.82, 2.24) is 5.32 Å². The fraction of sp³-hybridized carbons (Fsp3) is 0.579. The highest BCUT2D eigenvalue weighted by molar-refractivity contribution is 5.31. The van der Waals surface area contributed by atoms with Gasteiger partial charge in [-0.1, -0.05) is 50.6 Å². The minimum Gasteiger partial charge on any atom is -0.380 e. The molecule has 20 heavy (non-hydrogen) atoms. The van der Waals surface area contributed by atoms with Gasteiger partial charge in [0.25, 0.3) is 0 Å². The van der Waals surface area contributed by atoms with Crippen LogP contribution in [0.5, 0.6) is 0 Å². The largest absolute Gasteiger partial charge is 0.380 e. The molecule has 0 aromatic heterocycles. The van der Waals surface area contributed by atoms with Gasteiger partial charge in [-0.25, -0.2) is 0 Å². The molecule has 0 heterocycles. The van der Waals surface area contributed by atoms with E-state index in [1.165, 1.54) is 30.5 Å². The van der Waals surface area contributed by atoms with Crippen molar-refractivity contribution >= 4 is 0 Å². The summed E-state index contributed by atoms with van der Waals surface area (Å²) in [6, 6.07) is 0. The first-order valence-corrected chi connectivity index (χ1v) is 7.83. The predicted molar refractivity (Wildman–Crippen MR) is 88.5 cm³/mol. The van der Waals surface area contributed by atoms with E-state index in [0.29, 0.717) is 5.41 Å². The Morgan fingerprint density at radius 1 is 0.850 bits per heavy atom. The Labute approximate surface area is 124 Å². The van der Waals surface area contributed by atoms with Crippen LogP contribution in [0.4, 0.5) is 0 Å². The average molecular weight is 271 g/mol. The molecular weight excluding hydrogens is 242 g/mol. The molecule has 2 aliphatic carbocycles. The third kappa shape index (κ3) is 3.65. The molecule has 110 valence electrons. The van der Waals surface area contributed by atoms with Crippen LogP contribution in [0.3, 0.4) is 0 Å². The second kappa shape index (κ2) is 5.63. The lowest BCUT2D eigenvalue weighted by atomic mass is 9.81. The Bertz CT molecular complexity index is 478. The highest BCUT2D eigenvalue weighted by atomic mass is 15.0. The van der Waals surface area contributed by atoms with Gasteiger partial charge in [-0.15, -0.1) is 0 Å². The summed E-state index contributed by atoms with van der Waals surface area (Å²) in [4.78, 5) is 0. The molecule has 0 fully saturated rings. The lowest BCUT2D eigenvalue weighted by Gasteiger charge is -2.34. The van der Waals surface area contributed by atoms with Gasteiger partial charge in [-0.2, -0.15) is 0 Å². The first-order valence-electron chi connectivity index (χ1n) is 7.83. The van der Waals surface area contributed by atoms with Gasteiger partial charge in [0, 0.05) is 5.70 Å². The summed E-state index contributed by atoms with van der Waals surface area (Å²) >= 11 is 0. The molecule has 0 spiro atoms. The Hall–Kier alpha value is -1.24. The standard InChI is InChI=1S/C19H29N/c1-18(2,3)15-11-13-17(14-12-15)20-19(4,5)16-9-7-6-8-10-16/h6-7,9,11,13,20H,8,10,12,14H2,1-5H3. The van der Waals surface area contributed by atoms with Crippen molar-refractivity contribution in [2.45, 2.75) is 65.8 Å². The number of hydrogen-bond donors (Lipinski definition) is 1. The Balaban J connectivity index is 2.07. The third-order valence-corrected chi connectivity index (χ3v) is 4.40. The molecule has 0 amide bonds. The van der Waals surface area contributed by atoms with Gasteiger partial charge in [-0.05, 0) is 56.6 Å². The summed E-state index contributed by atoms with van der Waals surface area (Å²) in [6.07, 6.45) is 16.0. The van der Waals surface area contributed by atoms with E-state index < -0.39 is 0 Å². The first-order chi connectivity index (χ1) is 9.29. The molecule has 0 bridgehead atoms. The molecule has 0 atom stereocenters. The molecule has 0 aromatic carbocycles. The van der Waals surface area contributed by atoms with Gasteiger partial charge in [0.2, 0.25) is 0 Å². The lowest BCUT2D eigenvalue weighted by Crippen LogP contribution is -2.41. The molecule has 1 heteroatoms. The van der Waals surface area contributed by atoms with Crippen molar-refractivity contribution in [3.63, 3.8) is 0 Å². The van der Waals surface area contributed by atoms with Crippen molar-refractivity contribution < 1.29 is 0 Å². The Kier molecular flexibility index (Phi) is 4.27. The topological polar surface area (TPSA) is 12.0 Å².